The molecule has 19 heavy (non-hydrogen) atoms. The first-order valence-electron chi connectivity index (χ1n) is 8.05. The zero-order valence-electron chi connectivity index (χ0n) is 12.6. The summed E-state index contributed by atoms with van der Waals surface area (Å²) >= 11 is 1.83. The fraction of sp³-hybridized carbons (Fsp3) is 0.765. The van der Waals surface area contributed by atoms with Crippen LogP contribution in [0.3, 0.4) is 0 Å². The summed E-state index contributed by atoms with van der Waals surface area (Å²) in [5.74, 6) is 0. The maximum atomic E-state index is 3.87. The minimum Gasteiger partial charge on any atom is -0.313 e. The Kier molecular flexibility index (Phi) is 5.90. The van der Waals surface area contributed by atoms with Crippen LogP contribution in [0.1, 0.15) is 64.4 Å². The van der Waals surface area contributed by atoms with Gasteiger partial charge in [-0.1, -0.05) is 26.7 Å². The van der Waals surface area contributed by atoms with Gasteiger partial charge in [0.25, 0.3) is 0 Å². The summed E-state index contributed by atoms with van der Waals surface area (Å²) in [7, 11) is 0. The fourth-order valence-electron chi connectivity index (χ4n) is 3.72. The Morgan fingerprint density at radius 1 is 1.32 bits per heavy atom. The lowest BCUT2D eigenvalue weighted by Gasteiger charge is -2.38. The Morgan fingerprint density at radius 2 is 2.11 bits per heavy atom. The van der Waals surface area contributed by atoms with E-state index in [0.29, 0.717) is 5.41 Å². The molecule has 1 unspecified atom stereocenters. The number of thiophene rings is 1. The van der Waals surface area contributed by atoms with Gasteiger partial charge in [-0.3, -0.25) is 0 Å². The van der Waals surface area contributed by atoms with E-state index in [1.54, 1.807) is 0 Å². The smallest absolute Gasteiger partial charge is 0.0127 e. The molecule has 1 aromatic rings. The molecule has 2 heteroatoms. The highest BCUT2D eigenvalue weighted by Gasteiger charge is 2.38. The third kappa shape index (κ3) is 3.82. The highest BCUT2D eigenvalue weighted by atomic mass is 32.1. The molecule has 0 aromatic carbocycles. The van der Waals surface area contributed by atoms with E-state index >= 15 is 0 Å². The summed E-state index contributed by atoms with van der Waals surface area (Å²) in [5, 5.41) is 8.38. The Hall–Kier alpha value is -0.340. The summed E-state index contributed by atoms with van der Waals surface area (Å²) in [6.45, 7) is 5.85. The molecule has 0 aliphatic heterocycles. The van der Waals surface area contributed by atoms with Crippen molar-refractivity contribution in [3.63, 3.8) is 0 Å². The molecule has 1 fully saturated rings. The van der Waals surface area contributed by atoms with Crippen molar-refractivity contribution in [2.45, 2.75) is 71.3 Å². The third-order valence-corrected chi connectivity index (χ3v) is 5.72. The Balaban J connectivity index is 1.97. The molecule has 108 valence electrons. The van der Waals surface area contributed by atoms with E-state index in [0.717, 1.165) is 6.04 Å². The fourth-order valence-corrected chi connectivity index (χ4v) is 4.42. The number of aryl methyl sites for hydroxylation is 1. The lowest BCUT2D eigenvalue weighted by atomic mass is 9.74. The van der Waals surface area contributed by atoms with Gasteiger partial charge in [0.1, 0.15) is 0 Å². The molecule has 0 bridgehead atoms. The van der Waals surface area contributed by atoms with Gasteiger partial charge in [0.2, 0.25) is 0 Å². The second kappa shape index (κ2) is 7.44. The molecule has 1 saturated carbocycles. The van der Waals surface area contributed by atoms with Crippen molar-refractivity contribution in [2.24, 2.45) is 5.41 Å². The minimum absolute atomic E-state index is 0.588. The first-order valence-corrected chi connectivity index (χ1v) is 8.99. The van der Waals surface area contributed by atoms with E-state index in [1.165, 1.54) is 63.5 Å². The highest BCUT2D eigenvalue weighted by molar-refractivity contribution is 7.07. The van der Waals surface area contributed by atoms with E-state index in [-0.39, 0.29) is 0 Å². The first kappa shape index (κ1) is 15.1. The molecule has 1 atom stereocenters. The second-order valence-electron chi connectivity index (χ2n) is 6.10. The Bertz CT molecular complexity index is 338. The molecular formula is C17H29NS. The van der Waals surface area contributed by atoms with E-state index in [2.05, 4.69) is 36.0 Å². The Morgan fingerprint density at radius 3 is 2.68 bits per heavy atom. The third-order valence-electron chi connectivity index (χ3n) is 4.99. The SMILES string of the molecule is CCCNC(CCc1ccsc1)C1(CC)CCCC1. The average molecular weight is 279 g/mol. The van der Waals surface area contributed by atoms with Crippen LogP contribution in [0.4, 0.5) is 0 Å². The van der Waals surface area contributed by atoms with Crippen molar-refractivity contribution in [1.29, 1.82) is 0 Å². The largest absolute Gasteiger partial charge is 0.313 e. The van der Waals surface area contributed by atoms with Crippen LogP contribution in [0.2, 0.25) is 0 Å². The van der Waals surface area contributed by atoms with E-state index in [4.69, 9.17) is 0 Å². The lowest BCUT2D eigenvalue weighted by Crippen LogP contribution is -2.44. The number of rotatable bonds is 8. The molecule has 1 N–H and O–H groups in total. The molecule has 1 aliphatic carbocycles. The van der Waals surface area contributed by atoms with Crippen LogP contribution in [0.15, 0.2) is 16.8 Å². The molecule has 1 aromatic heterocycles. The molecule has 1 nitrogen and oxygen atoms in total. The zero-order chi connectivity index (χ0) is 13.6. The number of nitrogens with one attached hydrogen (secondary N) is 1. The van der Waals surface area contributed by atoms with Crippen molar-refractivity contribution >= 4 is 11.3 Å². The Labute approximate surface area is 122 Å². The summed E-state index contributed by atoms with van der Waals surface area (Å²) < 4.78 is 0. The zero-order valence-corrected chi connectivity index (χ0v) is 13.4. The van der Waals surface area contributed by atoms with Gasteiger partial charge in [-0.2, -0.15) is 11.3 Å². The number of hydrogen-bond donors (Lipinski definition) is 1. The van der Waals surface area contributed by atoms with Gasteiger partial charge in [-0.05, 0) is 72.9 Å². The van der Waals surface area contributed by atoms with Crippen molar-refractivity contribution in [3.05, 3.63) is 22.4 Å². The maximum absolute atomic E-state index is 3.87. The molecule has 0 radical (unpaired) electrons. The molecule has 0 spiro atoms. The van der Waals surface area contributed by atoms with Crippen molar-refractivity contribution < 1.29 is 0 Å². The van der Waals surface area contributed by atoms with Crippen LogP contribution in [-0.4, -0.2) is 12.6 Å². The topological polar surface area (TPSA) is 12.0 Å². The van der Waals surface area contributed by atoms with Crippen LogP contribution in [0.25, 0.3) is 0 Å². The van der Waals surface area contributed by atoms with Gasteiger partial charge in [-0.15, -0.1) is 0 Å². The monoisotopic (exact) mass is 279 g/mol. The van der Waals surface area contributed by atoms with Crippen LogP contribution >= 0.6 is 11.3 Å². The van der Waals surface area contributed by atoms with Gasteiger partial charge in [0.05, 0.1) is 0 Å². The number of hydrogen-bond acceptors (Lipinski definition) is 2. The van der Waals surface area contributed by atoms with Crippen LogP contribution in [-0.2, 0) is 6.42 Å². The average Bonchev–Trinajstić information content (AvgIpc) is 3.10. The molecule has 1 aliphatic rings. The van der Waals surface area contributed by atoms with E-state index < -0.39 is 0 Å². The van der Waals surface area contributed by atoms with Gasteiger partial charge in [0.15, 0.2) is 0 Å². The van der Waals surface area contributed by atoms with Crippen LogP contribution < -0.4 is 5.32 Å². The normalized spacial score (nSPS) is 19.7. The second-order valence-corrected chi connectivity index (χ2v) is 6.88. The van der Waals surface area contributed by atoms with Crippen molar-refractivity contribution in [1.82, 2.24) is 5.32 Å². The predicted octanol–water partition coefficient (Wildman–Crippen LogP) is 5.02. The summed E-state index contributed by atoms with van der Waals surface area (Å²) in [6, 6.07) is 3.01. The van der Waals surface area contributed by atoms with Gasteiger partial charge < -0.3 is 5.32 Å². The van der Waals surface area contributed by atoms with E-state index in [1.807, 2.05) is 11.3 Å². The quantitative estimate of drug-likeness (QED) is 0.704. The maximum Gasteiger partial charge on any atom is 0.0127 e. The standard InChI is InChI=1S/C17H29NS/c1-3-12-18-16(8-7-15-9-13-19-14-15)17(4-2)10-5-6-11-17/h9,13-14,16,18H,3-8,10-12H2,1-2H3. The van der Waals surface area contributed by atoms with Crippen LogP contribution in [0.5, 0.6) is 0 Å². The van der Waals surface area contributed by atoms with Crippen molar-refractivity contribution in [3.8, 4) is 0 Å². The molecule has 2 rings (SSSR count). The summed E-state index contributed by atoms with van der Waals surface area (Å²) in [4.78, 5) is 0. The molecule has 1 heterocycles. The summed E-state index contributed by atoms with van der Waals surface area (Å²) in [5.41, 5.74) is 2.11. The van der Waals surface area contributed by atoms with Crippen molar-refractivity contribution in [2.75, 3.05) is 6.54 Å². The predicted molar refractivity (Wildman–Crippen MR) is 85.9 cm³/mol. The lowest BCUT2D eigenvalue weighted by molar-refractivity contribution is 0.177. The molecular weight excluding hydrogens is 250 g/mol. The van der Waals surface area contributed by atoms with Gasteiger partial charge >= 0.3 is 0 Å². The van der Waals surface area contributed by atoms with Gasteiger partial charge in [-0.25, -0.2) is 0 Å². The van der Waals surface area contributed by atoms with E-state index in [9.17, 15) is 0 Å². The summed E-state index contributed by atoms with van der Waals surface area (Å²) in [6.07, 6.45) is 10.9. The molecule has 0 amide bonds. The highest BCUT2D eigenvalue weighted by Crippen LogP contribution is 2.45. The first-order chi connectivity index (χ1) is 9.30. The van der Waals surface area contributed by atoms with Crippen LogP contribution in [0, 0.1) is 5.41 Å². The molecule has 0 saturated heterocycles. The van der Waals surface area contributed by atoms with Gasteiger partial charge in [0, 0.05) is 6.04 Å². The minimum atomic E-state index is 0.588.